The van der Waals surface area contributed by atoms with Crippen molar-refractivity contribution < 1.29 is 0 Å². The number of aromatic nitrogens is 2. The number of hydrogen-bond donors (Lipinski definition) is 2. The predicted octanol–water partition coefficient (Wildman–Crippen LogP) is 1.77. The number of imidazole rings is 1. The zero-order valence-electron chi connectivity index (χ0n) is 8.17. The minimum atomic E-state index is 0.0685. The zero-order chi connectivity index (χ0) is 9.60. The SMILES string of the molecule is CC1(c2nc3ccccc3[nH]2)CCN1. The van der Waals surface area contributed by atoms with Crippen LogP contribution in [0.1, 0.15) is 19.2 Å². The maximum atomic E-state index is 4.59. The molecule has 0 saturated carbocycles. The van der Waals surface area contributed by atoms with Crippen LogP contribution in [0.3, 0.4) is 0 Å². The highest BCUT2D eigenvalue weighted by Crippen LogP contribution is 2.29. The van der Waals surface area contributed by atoms with Crippen molar-refractivity contribution in [1.29, 1.82) is 0 Å². The van der Waals surface area contributed by atoms with Crippen LogP contribution in [0.15, 0.2) is 24.3 Å². The molecule has 1 saturated heterocycles. The van der Waals surface area contributed by atoms with E-state index in [1.807, 2.05) is 18.2 Å². The Balaban J connectivity index is 2.14. The van der Waals surface area contributed by atoms with E-state index in [2.05, 4.69) is 28.3 Å². The van der Waals surface area contributed by atoms with Crippen LogP contribution < -0.4 is 5.32 Å². The largest absolute Gasteiger partial charge is 0.340 e. The number of nitrogens with one attached hydrogen (secondary N) is 2. The molecule has 1 atom stereocenters. The first-order valence-electron chi connectivity index (χ1n) is 4.98. The summed E-state index contributed by atoms with van der Waals surface area (Å²) in [6.07, 6.45) is 1.16. The van der Waals surface area contributed by atoms with Crippen LogP contribution >= 0.6 is 0 Å². The summed E-state index contributed by atoms with van der Waals surface area (Å²) in [6.45, 7) is 3.28. The van der Waals surface area contributed by atoms with Crippen molar-refractivity contribution in [3.63, 3.8) is 0 Å². The van der Waals surface area contributed by atoms with E-state index in [0.717, 1.165) is 29.8 Å². The second-order valence-corrected chi connectivity index (χ2v) is 4.11. The Morgan fingerprint density at radius 1 is 1.36 bits per heavy atom. The Hall–Kier alpha value is -1.35. The first-order valence-corrected chi connectivity index (χ1v) is 4.98. The average molecular weight is 187 g/mol. The van der Waals surface area contributed by atoms with E-state index >= 15 is 0 Å². The third-order valence-electron chi connectivity index (χ3n) is 3.05. The summed E-state index contributed by atoms with van der Waals surface area (Å²) in [6, 6.07) is 8.15. The molecule has 2 N–H and O–H groups in total. The normalized spacial score (nSPS) is 26.4. The number of fused-ring (bicyclic) bond motifs is 1. The van der Waals surface area contributed by atoms with Gasteiger partial charge >= 0.3 is 0 Å². The Labute approximate surface area is 82.5 Å². The molecule has 1 unspecified atom stereocenters. The third-order valence-corrected chi connectivity index (χ3v) is 3.05. The molecule has 3 heteroatoms. The van der Waals surface area contributed by atoms with Crippen molar-refractivity contribution >= 4 is 11.0 Å². The van der Waals surface area contributed by atoms with Gasteiger partial charge in [0.15, 0.2) is 0 Å². The molecule has 2 heterocycles. The molecule has 1 fully saturated rings. The molecule has 0 bridgehead atoms. The van der Waals surface area contributed by atoms with Gasteiger partial charge in [-0.2, -0.15) is 0 Å². The van der Waals surface area contributed by atoms with E-state index in [9.17, 15) is 0 Å². The molecule has 0 amide bonds. The van der Waals surface area contributed by atoms with Gasteiger partial charge in [0.25, 0.3) is 0 Å². The number of aromatic amines is 1. The summed E-state index contributed by atoms with van der Waals surface area (Å²) < 4.78 is 0. The van der Waals surface area contributed by atoms with Crippen molar-refractivity contribution in [2.24, 2.45) is 0 Å². The highest BCUT2D eigenvalue weighted by molar-refractivity contribution is 5.75. The highest BCUT2D eigenvalue weighted by atomic mass is 15.1. The molecule has 14 heavy (non-hydrogen) atoms. The van der Waals surface area contributed by atoms with Crippen molar-refractivity contribution in [3.05, 3.63) is 30.1 Å². The van der Waals surface area contributed by atoms with Gasteiger partial charge in [-0.05, 0) is 32.0 Å². The van der Waals surface area contributed by atoms with Crippen LogP contribution in [0.2, 0.25) is 0 Å². The molecule has 1 aliphatic heterocycles. The van der Waals surface area contributed by atoms with Gasteiger partial charge in [0.2, 0.25) is 0 Å². The van der Waals surface area contributed by atoms with Gasteiger partial charge in [0.1, 0.15) is 5.82 Å². The maximum absolute atomic E-state index is 4.59. The maximum Gasteiger partial charge on any atom is 0.127 e. The Morgan fingerprint density at radius 2 is 2.14 bits per heavy atom. The molecule has 0 radical (unpaired) electrons. The first kappa shape index (κ1) is 8.00. The number of nitrogens with zero attached hydrogens (tertiary/aromatic N) is 1. The minimum absolute atomic E-state index is 0.0685. The summed E-state index contributed by atoms with van der Waals surface area (Å²) in [5.74, 6) is 1.06. The summed E-state index contributed by atoms with van der Waals surface area (Å²) >= 11 is 0. The number of rotatable bonds is 1. The molecule has 1 aliphatic rings. The molecule has 0 spiro atoms. The standard InChI is InChI=1S/C11H13N3/c1-11(6-7-12-11)10-13-8-4-2-3-5-9(8)14-10/h2-5,12H,6-7H2,1H3,(H,13,14). The van der Waals surface area contributed by atoms with E-state index in [0.29, 0.717) is 0 Å². The number of para-hydroxylation sites is 2. The summed E-state index contributed by atoms with van der Waals surface area (Å²) in [5, 5.41) is 3.41. The van der Waals surface area contributed by atoms with Crippen LogP contribution in [0.5, 0.6) is 0 Å². The number of benzene rings is 1. The van der Waals surface area contributed by atoms with Crippen LogP contribution in [0, 0.1) is 0 Å². The first-order chi connectivity index (χ1) is 6.78. The van der Waals surface area contributed by atoms with Crippen LogP contribution in [-0.2, 0) is 5.54 Å². The lowest BCUT2D eigenvalue weighted by Crippen LogP contribution is -2.52. The van der Waals surface area contributed by atoms with E-state index in [1.54, 1.807) is 0 Å². The fourth-order valence-electron chi connectivity index (χ4n) is 1.92. The minimum Gasteiger partial charge on any atom is -0.340 e. The zero-order valence-corrected chi connectivity index (χ0v) is 8.17. The van der Waals surface area contributed by atoms with Crippen molar-refractivity contribution in [2.45, 2.75) is 18.9 Å². The average Bonchev–Trinajstić information content (AvgIpc) is 2.57. The fraction of sp³-hybridized carbons (Fsp3) is 0.364. The summed E-state index contributed by atoms with van der Waals surface area (Å²) in [7, 11) is 0. The molecular weight excluding hydrogens is 174 g/mol. The van der Waals surface area contributed by atoms with Gasteiger partial charge in [-0.3, -0.25) is 0 Å². The monoisotopic (exact) mass is 187 g/mol. The summed E-state index contributed by atoms with van der Waals surface area (Å²) in [4.78, 5) is 7.95. The third kappa shape index (κ3) is 0.990. The van der Waals surface area contributed by atoms with Gasteiger partial charge in [-0.25, -0.2) is 4.98 Å². The lowest BCUT2D eigenvalue weighted by molar-refractivity contribution is 0.224. The van der Waals surface area contributed by atoms with Gasteiger partial charge in [-0.1, -0.05) is 12.1 Å². The topological polar surface area (TPSA) is 40.7 Å². The van der Waals surface area contributed by atoms with Crippen molar-refractivity contribution in [1.82, 2.24) is 15.3 Å². The molecule has 2 aromatic rings. The highest BCUT2D eigenvalue weighted by Gasteiger charge is 2.35. The Morgan fingerprint density at radius 3 is 2.79 bits per heavy atom. The number of hydrogen-bond acceptors (Lipinski definition) is 2. The van der Waals surface area contributed by atoms with Gasteiger partial charge in [0, 0.05) is 0 Å². The van der Waals surface area contributed by atoms with E-state index < -0.39 is 0 Å². The molecule has 1 aromatic carbocycles. The molecular formula is C11H13N3. The van der Waals surface area contributed by atoms with Crippen molar-refractivity contribution in [2.75, 3.05) is 6.54 Å². The smallest absolute Gasteiger partial charge is 0.127 e. The van der Waals surface area contributed by atoms with Gasteiger partial charge in [-0.15, -0.1) is 0 Å². The van der Waals surface area contributed by atoms with Crippen LogP contribution in [-0.4, -0.2) is 16.5 Å². The van der Waals surface area contributed by atoms with E-state index in [1.165, 1.54) is 0 Å². The van der Waals surface area contributed by atoms with E-state index in [-0.39, 0.29) is 5.54 Å². The summed E-state index contributed by atoms with van der Waals surface area (Å²) in [5.41, 5.74) is 2.24. The molecule has 1 aromatic heterocycles. The number of H-pyrrole nitrogens is 1. The molecule has 72 valence electrons. The lowest BCUT2D eigenvalue weighted by atomic mass is 9.90. The fourth-order valence-corrected chi connectivity index (χ4v) is 1.92. The quantitative estimate of drug-likeness (QED) is 0.714. The molecule has 3 nitrogen and oxygen atoms in total. The molecule has 3 rings (SSSR count). The Kier molecular flexibility index (Phi) is 1.47. The van der Waals surface area contributed by atoms with Crippen LogP contribution in [0.4, 0.5) is 0 Å². The lowest BCUT2D eigenvalue weighted by Gasteiger charge is -2.38. The molecule has 0 aliphatic carbocycles. The second-order valence-electron chi connectivity index (χ2n) is 4.11. The second kappa shape index (κ2) is 2.58. The van der Waals surface area contributed by atoms with E-state index in [4.69, 9.17) is 0 Å². The predicted molar refractivity (Wildman–Crippen MR) is 56.1 cm³/mol. The van der Waals surface area contributed by atoms with Crippen molar-refractivity contribution in [3.8, 4) is 0 Å². The van der Waals surface area contributed by atoms with Gasteiger partial charge < -0.3 is 10.3 Å². The Bertz CT molecular complexity index is 435. The van der Waals surface area contributed by atoms with Gasteiger partial charge in [0.05, 0.1) is 16.6 Å². The van der Waals surface area contributed by atoms with Crippen LogP contribution in [0.25, 0.3) is 11.0 Å².